The Labute approximate surface area is 138 Å². The maximum absolute atomic E-state index is 12.4. The van der Waals surface area contributed by atoms with E-state index in [-0.39, 0.29) is 17.5 Å². The smallest absolute Gasteiger partial charge is 0.305 e. The summed E-state index contributed by atoms with van der Waals surface area (Å²) in [5.74, 6) is -1.32. The Kier molecular flexibility index (Phi) is 7.95. The van der Waals surface area contributed by atoms with Gasteiger partial charge in [0.1, 0.15) is 5.78 Å². The second-order valence-electron chi connectivity index (χ2n) is 4.97. The normalized spacial score (nSPS) is 11.8. The van der Waals surface area contributed by atoms with Gasteiger partial charge in [0.2, 0.25) is 0 Å². The van der Waals surface area contributed by atoms with Gasteiger partial charge in [-0.3, -0.25) is 19.4 Å². The van der Waals surface area contributed by atoms with Crippen molar-refractivity contribution in [3.05, 3.63) is 28.5 Å². The number of Topliss-reactive ketones (excluding diaryl/α,β-unsaturated/α-hetero) is 2. The Balaban J connectivity index is 2.57. The predicted octanol–water partition coefficient (Wildman–Crippen LogP) is 3.36. The van der Waals surface area contributed by atoms with Crippen LogP contribution in [-0.2, 0) is 14.3 Å². The van der Waals surface area contributed by atoms with Gasteiger partial charge >= 0.3 is 5.97 Å². The molecule has 6 heteroatoms. The van der Waals surface area contributed by atoms with E-state index in [0.717, 1.165) is 0 Å². The average molecular weight is 370 g/mol. The number of esters is 1. The van der Waals surface area contributed by atoms with Gasteiger partial charge in [0, 0.05) is 28.9 Å². The molecule has 22 heavy (non-hydrogen) atoms. The summed E-state index contributed by atoms with van der Waals surface area (Å²) in [6.45, 7) is 3.54. The number of carbonyl (C=O) groups is 3. The van der Waals surface area contributed by atoms with Gasteiger partial charge in [0.25, 0.3) is 0 Å². The van der Waals surface area contributed by atoms with Crippen LogP contribution < -0.4 is 0 Å². The minimum atomic E-state index is -0.682. The molecule has 0 fully saturated rings. The second kappa shape index (κ2) is 9.46. The van der Waals surface area contributed by atoms with Crippen LogP contribution in [0, 0.1) is 5.92 Å². The maximum Gasteiger partial charge on any atom is 0.305 e. The summed E-state index contributed by atoms with van der Waals surface area (Å²) in [6.07, 6.45) is 5.01. The van der Waals surface area contributed by atoms with Crippen LogP contribution in [0.25, 0.3) is 0 Å². The van der Waals surface area contributed by atoms with Crippen molar-refractivity contribution >= 4 is 33.5 Å². The van der Waals surface area contributed by atoms with Crippen molar-refractivity contribution < 1.29 is 19.1 Å². The first-order valence-corrected chi connectivity index (χ1v) is 8.05. The van der Waals surface area contributed by atoms with Crippen LogP contribution in [0.5, 0.6) is 0 Å². The fourth-order valence-corrected chi connectivity index (χ4v) is 2.48. The molecule has 1 atom stereocenters. The van der Waals surface area contributed by atoms with Crippen LogP contribution in [0.3, 0.4) is 0 Å². The Morgan fingerprint density at radius 2 is 2.00 bits per heavy atom. The van der Waals surface area contributed by atoms with Gasteiger partial charge in [-0.1, -0.05) is 6.42 Å². The molecular weight excluding hydrogens is 350 g/mol. The quantitative estimate of drug-likeness (QED) is 0.288. The van der Waals surface area contributed by atoms with Gasteiger partial charge in [0.05, 0.1) is 12.5 Å². The van der Waals surface area contributed by atoms with Crippen molar-refractivity contribution in [2.75, 3.05) is 6.61 Å². The number of halogens is 1. The molecule has 120 valence electrons. The Morgan fingerprint density at radius 1 is 1.27 bits per heavy atom. The maximum atomic E-state index is 12.4. The lowest BCUT2D eigenvalue weighted by atomic mass is 9.90. The lowest BCUT2D eigenvalue weighted by molar-refractivity contribution is -0.143. The molecule has 1 aromatic heterocycles. The molecule has 0 saturated carbocycles. The minimum Gasteiger partial charge on any atom is -0.466 e. The lowest BCUT2D eigenvalue weighted by Gasteiger charge is -2.12. The molecule has 0 spiro atoms. The van der Waals surface area contributed by atoms with E-state index in [0.29, 0.717) is 42.3 Å². The number of unbranched alkanes of at least 4 members (excludes halogenated alkanes) is 1. The molecule has 0 aromatic carbocycles. The molecule has 1 heterocycles. The zero-order valence-electron chi connectivity index (χ0n) is 12.8. The summed E-state index contributed by atoms with van der Waals surface area (Å²) in [5.41, 5.74) is 0.417. The molecule has 0 aliphatic rings. The summed E-state index contributed by atoms with van der Waals surface area (Å²) in [6, 6.07) is 1.66. The number of rotatable bonds is 9. The molecule has 1 unspecified atom stereocenters. The van der Waals surface area contributed by atoms with E-state index in [1.807, 2.05) is 0 Å². The van der Waals surface area contributed by atoms with Gasteiger partial charge < -0.3 is 4.74 Å². The van der Waals surface area contributed by atoms with Crippen LogP contribution in [0.2, 0.25) is 0 Å². The van der Waals surface area contributed by atoms with E-state index >= 15 is 0 Å². The third kappa shape index (κ3) is 6.05. The highest BCUT2D eigenvalue weighted by Gasteiger charge is 2.24. The van der Waals surface area contributed by atoms with E-state index < -0.39 is 5.92 Å². The fraction of sp³-hybridized carbons (Fsp3) is 0.500. The van der Waals surface area contributed by atoms with Crippen LogP contribution in [0.1, 0.15) is 49.9 Å². The van der Waals surface area contributed by atoms with E-state index in [1.54, 1.807) is 19.2 Å². The number of hydrogen-bond donors (Lipinski definition) is 0. The number of nitrogens with zero attached hydrogens (tertiary/aromatic N) is 1. The van der Waals surface area contributed by atoms with E-state index in [4.69, 9.17) is 4.74 Å². The summed E-state index contributed by atoms with van der Waals surface area (Å²) >= 11 is 3.26. The zero-order chi connectivity index (χ0) is 16.5. The number of aromatic nitrogens is 1. The number of pyridine rings is 1. The minimum absolute atomic E-state index is 0.166. The van der Waals surface area contributed by atoms with Crippen LogP contribution >= 0.6 is 15.9 Å². The molecule has 0 aliphatic heterocycles. The third-order valence-corrected chi connectivity index (χ3v) is 3.66. The molecule has 0 saturated heterocycles. The Morgan fingerprint density at radius 3 is 2.59 bits per heavy atom. The SMILES string of the molecule is CCOC(=O)CCCCC(C(C)=O)C(=O)c1cncc(Br)c1. The second-order valence-corrected chi connectivity index (χ2v) is 5.89. The summed E-state index contributed by atoms with van der Waals surface area (Å²) < 4.78 is 5.54. The highest BCUT2D eigenvalue weighted by atomic mass is 79.9. The van der Waals surface area contributed by atoms with Crippen molar-refractivity contribution in [3.63, 3.8) is 0 Å². The highest BCUT2D eigenvalue weighted by Crippen LogP contribution is 2.19. The summed E-state index contributed by atoms with van der Waals surface area (Å²) in [5, 5.41) is 0. The molecule has 0 aliphatic carbocycles. The lowest BCUT2D eigenvalue weighted by Crippen LogP contribution is -2.22. The average Bonchev–Trinajstić information content (AvgIpc) is 2.46. The number of ketones is 2. The molecule has 0 radical (unpaired) electrons. The highest BCUT2D eigenvalue weighted by molar-refractivity contribution is 9.10. The van der Waals surface area contributed by atoms with Crippen LogP contribution in [0.15, 0.2) is 22.9 Å². The molecule has 1 rings (SSSR count). The first kappa shape index (κ1) is 18.5. The van der Waals surface area contributed by atoms with Crippen LogP contribution in [-0.4, -0.2) is 29.1 Å². The van der Waals surface area contributed by atoms with Crippen molar-refractivity contribution in [2.45, 2.75) is 39.5 Å². The van der Waals surface area contributed by atoms with Gasteiger partial charge in [-0.2, -0.15) is 0 Å². The van der Waals surface area contributed by atoms with Crippen molar-refractivity contribution in [3.8, 4) is 0 Å². The first-order chi connectivity index (χ1) is 10.5. The first-order valence-electron chi connectivity index (χ1n) is 7.26. The van der Waals surface area contributed by atoms with Crippen molar-refractivity contribution in [1.29, 1.82) is 0 Å². The Hall–Kier alpha value is -1.56. The third-order valence-electron chi connectivity index (χ3n) is 3.23. The van der Waals surface area contributed by atoms with Crippen molar-refractivity contribution in [1.82, 2.24) is 4.98 Å². The number of ether oxygens (including phenoxy) is 1. The van der Waals surface area contributed by atoms with E-state index in [9.17, 15) is 14.4 Å². The summed E-state index contributed by atoms with van der Waals surface area (Å²) in [7, 11) is 0. The molecule has 0 bridgehead atoms. The molecule has 0 N–H and O–H groups in total. The van der Waals surface area contributed by atoms with Gasteiger partial charge in [-0.25, -0.2) is 0 Å². The standard InChI is InChI=1S/C16H20BrNO4/c1-3-22-15(20)7-5-4-6-14(11(2)19)16(21)12-8-13(17)10-18-9-12/h8-10,14H,3-7H2,1-2H3. The molecule has 0 amide bonds. The summed E-state index contributed by atoms with van der Waals surface area (Å²) in [4.78, 5) is 39.3. The van der Waals surface area contributed by atoms with Gasteiger partial charge in [-0.05, 0) is 48.7 Å². The largest absolute Gasteiger partial charge is 0.466 e. The van der Waals surface area contributed by atoms with Gasteiger partial charge in [-0.15, -0.1) is 0 Å². The molecule has 1 aromatic rings. The van der Waals surface area contributed by atoms with E-state index in [1.165, 1.54) is 13.1 Å². The van der Waals surface area contributed by atoms with E-state index in [2.05, 4.69) is 20.9 Å². The number of hydrogen-bond acceptors (Lipinski definition) is 5. The fourth-order valence-electron chi connectivity index (χ4n) is 2.12. The zero-order valence-corrected chi connectivity index (χ0v) is 14.4. The predicted molar refractivity (Wildman–Crippen MR) is 85.5 cm³/mol. The topological polar surface area (TPSA) is 73.3 Å². The number of carbonyl (C=O) groups excluding carboxylic acids is 3. The monoisotopic (exact) mass is 369 g/mol. The van der Waals surface area contributed by atoms with Crippen LogP contribution in [0.4, 0.5) is 0 Å². The van der Waals surface area contributed by atoms with Crippen molar-refractivity contribution in [2.24, 2.45) is 5.92 Å². The Bertz CT molecular complexity index is 545. The van der Waals surface area contributed by atoms with Gasteiger partial charge in [0.15, 0.2) is 5.78 Å². The molecule has 5 nitrogen and oxygen atoms in total. The molecular formula is C16H20BrNO4.